The van der Waals surface area contributed by atoms with Gasteiger partial charge in [-0.15, -0.1) is 0 Å². The van der Waals surface area contributed by atoms with Gasteiger partial charge in [-0.2, -0.15) is 0 Å². The molecule has 0 bridgehead atoms. The maximum absolute atomic E-state index is 4.66. The topological polar surface area (TPSA) is 75.2 Å². The molecule has 0 aliphatic heterocycles. The van der Waals surface area contributed by atoms with E-state index in [1.54, 1.807) is 12.5 Å². The molecule has 0 atom stereocenters. The molecule has 0 fully saturated rings. The Kier molecular flexibility index (Phi) is 3.21. The lowest BCUT2D eigenvalue weighted by molar-refractivity contribution is 1.05. The average Bonchev–Trinajstić information content (AvgIpc) is 3.40. The molecule has 0 saturated heterocycles. The lowest BCUT2D eigenvalue weighted by Crippen LogP contribution is -1.97. The number of imidazole rings is 3. The van der Waals surface area contributed by atoms with Gasteiger partial charge in [-0.25, -0.2) is 15.0 Å². The maximum atomic E-state index is 4.66. The summed E-state index contributed by atoms with van der Waals surface area (Å²) in [7, 11) is 0. The minimum absolute atomic E-state index is 0.820. The second-order valence-corrected chi connectivity index (χ2v) is 6.15. The summed E-state index contributed by atoms with van der Waals surface area (Å²) in [5.74, 6) is 1.69. The van der Waals surface area contributed by atoms with Crippen molar-refractivity contribution in [1.82, 2.24) is 29.5 Å². The number of fused-ring (bicyclic) bond motifs is 1. The molecule has 0 aliphatic carbocycles. The summed E-state index contributed by atoms with van der Waals surface area (Å²) >= 11 is 0. The number of rotatable bonds is 3. The summed E-state index contributed by atoms with van der Waals surface area (Å²) in [6, 6.07) is 16.3. The van der Waals surface area contributed by atoms with Crippen LogP contribution >= 0.6 is 0 Å². The number of para-hydroxylation sites is 2. The first kappa shape index (κ1) is 14.7. The van der Waals surface area contributed by atoms with E-state index in [2.05, 4.69) is 49.2 Å². The summed E-state index contributed by atoms with van der Waals surface area (Å²) in [5.41, 5.74) is 5.94. The van der Waals surface area contributed by atoms with Crippen molar-refractivity contribution in [3.8, 4) is 28.6 Å². The fraction of sp³-hybridized carbons (Fsp3) is 0.0500. The van der Waals surface area contributed by atoms with E-state index in [1.807, 2.05) is 42.0 Å². The smallest absolute Gasteiger partial charge is 0.165 e. The van der Waals surface area contributed by atoms with Crippen LogP contribution in [0.4, 0.5) is 0 Å². The normalized spacial score (nSPS) is 11.3. The molecule has 0 spiro atoms. The van der Waals surface area contributed by atoms with Crippen molar-refractivity contribution in [1.29, 1.82) is 0 Å². The number of aromatic amines is 2. The molecule has 0 saturated carbocycles. The number of H-pyrrole nitrogens is 2. The lowest BCUT2D eigenvalue weighted by atomic mass is 10.2. The summed E-state index contributed by atoms with van der Waals surface area (Å²) < 4.78 is 2.03. The summed E-state index contributed by atoms with van der Waals surface area (Å²) in [6.45, 7) is 1.99. The SMILES string of the molecule is Cc1[nH]cnc1-c1nccn1-c1ccc(-c2nc3ccccc3[nH]2)cc1. The fourth-order valence-electron chi connectivity index (χ4n) is 3.14. The minimum Gasteiger partial charge on any atom is -0.348 e. The third-order valence-electron chi connectivity index (χ3n) is 4.49. The van der Waals surface area contributed by atoms with E-state index in [1.165, 1.54) is 0 Å². The molecule has 2 N–H and O–H groups in total. The highest BCUT2D eigenvalue weighted by molar-refractivity contribution is 5.79. The van der Waals surface area contributed by atoms with Crippen LogP contribution in [-0.4, -0.2) is 29.5 Å². The van der Waals surface area contributed by atoms with Gasteiger partial charge in [-0.05, 0) is 43.3 Å². The predicted molar refractivity (Wildman–Crippen MR) is 101 cm³/mol. The van der Waals surface area contributed by atoms with E-state index in [0.717, 1.165) is 45.3 Å². The Morgan fingerprint density at radius 1 is 0.962 bits per heavy atom. The van der Waals surface area contributed by atoms with Crippen LogP contribution in [-0.2, 0) is 0 Å². The van der Waals surface area contributed by atoms with Gasteiger partial charge in [0.15, 0.2) is 5.82 Å². The van der Waals surface area contributed by atoms with Crippen molar-refractivity contribution < 1.29 is 0 Å². The molecule has 0 unspecified atom stereocenters. The van der Waals surface area contributed by atoms with Crippen LogP contribution in [0.1, 0.15) is 5.69 Å². The number of hydrogen-bond acceptors (Lipinski definition) is 3. The van der Waals surface area contributed by atoms with Gasteiger partial charge >= 0.3 is 0 Å². The molecule has 0 amide bonds. The monoisotopic (exact) mass is 340 g/mol. The molecule has 6 heteroatoms. The molecular formula is C20H16N6. The third kappa shape index (κ3) is 2.31. The van der Waals surface area contributed by atoms with Crippen LogP contribution in [0.3, 0.4) is 0 Å². The lowest BCUT2D eigenvalue weighted by Gasteiger charge is -2.07. The van der Waals surface area contributed by atoms with Gasteiger partial charge in [0.2, 0.25) is 0 Å². The molecule has 2 aromatic carbocycles. The number of hydrogen-bond donors (Lipinski definition) is 2. The first-order chi connectivity index (χ1) is 12.8. The average molecular weight is 340 g/mol. The zero-order valence-corrected chi connectivity index (χ0v) is 14.1. The Bertz CT molecular complexity index is 1160. The van der Waals surface area contributed by atoms with Gasteiger partial charge in [-0.1, -0.05) is 12.1 Å². The van der Waals surface area contributed by atoms with Crippen molar-refractivity contribution in [3.63, 3.8) is 0 Å². The molecule has 3 aromatic heterocycles. The molecule has 126 valence electrons. The van der Waals surface area contributed by atoms with Crippen LogP contribution in [0.2, 0.25) is 0 Å². The quantitative estimate of drug-likeness (QED) is 0.519. The molecule has 3 heterocycles. The number of benzene rings is 2. The highest BCUT2D eigenvalue weighted by atomic mass is 15.1. The maximum Gasteiger partial charge on any atom is 0.165 e. The van der Waals surface area contributed by atoms with Gasteiger partial charge in [0, 0.05) is 29.3 Å². The Hall–Kier alpha value is -3.67. The molecule has 5 aromatic rings. The van der Waals surface area contributed by atoms with Crippen molar-refractivity contribution in [2.75, 3.05) is 0 Å². The molecular weight excluding hydrogens is 324 g/mol. The largest absolute Gasteiger partial charge is 0.348 e. The third-order valence-corrected chi connectivity index (χ3v) is 4.49. The van der Waals surface area contributed by atoms with Gasteiger partial charge in [0.1, 0.15) is 11.5 Å². The Morgan fingerprint density at radius 2 is 1.81 bits per heavy atom. The van der Waals surface area contributed by atoms with Gasteiger partial charge in [0.25, 0.3) is 0 Å². The number of nitrogens with one attached hydrogen (secondary N) is 2. The second kappa shape index (κ2) is 5.70. The Balaban J connectivity index is 1.53. The first-order valence-electron chi connectivity index (χ1n) is 8.39. The molecule has 26 heavy (non-hydrogen) atoms. The second-order valence-electron chi connectivity index (χ2n) is 6.15. The van der Waals surface area contributed by atoms with E-state index in [9.17, 15) is 0 Å². The fourth-order valence-corrected chi connectivity index (χ4v) is 3.14. The van der Waals surface area contributed by atoms with E-state index in [0.29, 0.717) is 0 Å². The summed E-state index contributed by atoms with van der Waals surface area (Å²) in [6.07, 6.45) is 5.42. The van der Waals surface area contributed by atoms with Crippen LogP contribution < -0.4 is 0 Å². The highest BCUT2D eigenvalue weighted by Crippen LogP contribution is 2.25. The standard InChI is InChI=1S/C20H16N6/c1-13-18(23-12-22-13)20-21-10-11-26(20)15-8-6-14(7-9-15)19-24-16-4-2-3-5-17(16)25-19/h2-12H,1H3,(H,22,23)(H,24,25). The van der Waals surface area contributed by atoms with E-state index in [4.69, 9.17) is 0 Å². The Morgan fingerprint density at radius 3 is 2.58 bits per heavy atom. The molecule has 0 radical (unpaired) electrons. The van der Waals surface area contributed by atoms with Crippen molar-refractivity contribution in [3.05, 3.63) is 72.9 Å². The van der Waals surface area contributed by atoms with Crippen LogP contribution in [0.5, 0.6) is 0 Å². The molecule has 5 rings (SSSR count). The number of nitrogens with zero attached hydrogens (tertiary/aromatic N) is 4. The zero-order valence-electron chi connectivity index (χ0n) is 14.1. The molecule has 0 aliphatic rings. The van der Waals surface area contributed by atoms with Crippen molar-refractivity contribution in [2.24, 2.45) is 0 Å². The van der Waals surface area contributed by atoms with Crippen LogP contribution in [0.15, 0.2) is 67.3 Å². The highest BCUT2D eigenvalue weighted by Gasteiger charge is 2.13. The van der Waals surface area contributed by atoms with Crippen molar-refractivity contribution >= 4 is 11.0 Å². The van der Waals surface area contributed by atoms with Gasteiger partial charge in [0.05, 0.1) is 17.4 Å². The zero-order chi connectivity index (χ0) is 17.5. The number of aryl methyl sites for hydroxylation is 1. The van der Waals surface area contributed by atoms with E-state index >= 15 is 0 Å². The van der Waals surface area contributed by atoms with Crippen LogP contribution in [0, 0.1) is 6.92 Å². The Labute approximate surface area is 149 Å². The van der Waals surface area contributed by atoms with E-state index < -0.39 is 0 Å². The van der Waals surface area contributed by atoms with Crippen LogP contribution in [0.25, 0.3) is 39.6 Å². The number of aromatic nitrogens is 6. The molecule has 6 nitrogen and oxygen atoms in total. The van der Waals surface area contributed by atoms with Crippen molar-refractivity contribution in [2.45, 2.75) is 6.92 Å². The summed E-state index contributed by atoms with van der Waals surface area (Å²) in [5, 5.41) is 0. The first-order valence-corrected chi connectivity index (χ1v) is 8.39. The van der Waals surface area contributed by atoms with Gasteiger partial charge in [-0.3, -0.25) is 4.57 Å². The summed E-state index contributed by atoms with van der Waals surface area (Å²) in [4.78, 5) is 20.0. The van der Waals surface area contributed by atoms with Gasteiger partial charge < -0.3 is 9.97 Å². The predicted octanol–water partition coefficient (Wildman–Crippen LogP) is 4.11. The minimum atomic E-state index is 0.820. The van der Waals surface area contributed by atoms with E-state index in [-0.39, 0.29) is 0 Å².